The molecule has 1 aliphatic heterocycles. The van der Waals surface area contributed by atoms with E-state index in [1.165, 1.54) is 12.1 Å². The lowest BCUT2D eigenvalue weighted by Crippen LogP contribution is -2.20. The Hall–Kier alpha value is -3.33. The van der Waals surface area contributed by atoms with Crippen LogP contribution in [0.5, 0.6) is 0 Å². The van der Waals surface area contributed by atoms with Crippen molar-refractivity contribution in [1.29, 1.82) is 0 Å². The molecule has 0 unspecified atom stereocenters. The van der Waals surface area contributed by atoms with Gasteiger partial charge in [0.2, 0.25) is 0 Å². The number of nitrogens with zero attached hydrogens (tertiary/aromatic N) is 5. The Labute approximate surface area is 194 Å². The first-order valence-corrected chi connectivity index (χ1v) is 11.5. The molecular weight excluding hydrogens is 440 g/mol. The van der Waals surface area contributed by atoms with Gasteiger partial charge in [-0.25, -0.2) is 33.7 Å². The van der Waals surface area contributed by atoms with Gasteiger partial charge in [0.05, 0.1) is 17.6 Å². The SMILES string of the molecule is Cc1nc2nc([C@@H]3CCO[C@H](c4cnc(C5CC5)o4)C3)nc(-c3ccc(F)cc3F)c2nc1C. The molecule has 1 aromatic carbocycles. The number of fused-ring (bicyclic) bond motifs is 1. The Balaban J connectivity index is 1.41. The standard InChI is InChI=1S/C25H23F2N5O2/c1-12-13(2)30-24-22(29-12)21(17-6-5-16(26)10-18(17)27)31-23(32-24)15-7-8-33-19(9-15)20-11-28-25(34-20)14-3-4-14/h5-6,10-11,14-15,19H,3-4,7-9H2,1-2H3/t15-,19+/m1/s1. The first kappa shape index (κ1) is 21.2. The lowest BCUT2D eigenvalue weighted by molar-refractivity contribution is -0.00895. The van der Waals surface area contributed by atoms with Crippen molar-refractivity contribution in [3.05, 3.63) is 64.9 Å². The van der Waals surface area contributed by atoms with E-state index in [1.807, 2.05) is 13.8 Å². The van der Waals surface area contributed by atoms with Crippen LogP contribution in [-0.2, 0) is 4.74 Å². The van der Waals surface area contributed by atoms with Crippen LogP contribution in [0.3, 0.4) is 0 Å². The number of oxazole rings is 1. The zero-order valence-corrected chi connectivity index (χ0v) is 18.9. The lowest BCUT2D eigenvalue weighted by Gasteiger charge is -2.27. The summed E-state index contributed by atoms with van der Waals surface area (Å²) in [7, 11) is 0. The zero-order valence-electron chi connectivity index (χ0n) is 18.9. The molecule has 7 nitrogen and oxygen atoms in total. The first-order valence-electron chi connectivity index (χ1n) is 11.5. The third-order valence-corrected chi connectivity index (χ3v) is 6.58. The van der Waals surface area contributed by atoms with E-state index in [9.17, 15) is 8.78 Å². The fourth-order valence-corrected chi connectivity index (χ4v) is 4.38. The van der Waals surface area contributed by atoms with E-state index < -0.39 is 11.6 Å². The number of ether oxygens (including phenoxy) is 1. The lowest BCUT2D eigenvalue weighted by atomic mass is 9.93. The normalized spacial score (nSPS) is 20.7. The van der Waals surface area contributed by atoms with Crippen LogP contribution in [0.1, 0.15) is 72.5 Å². The van der Waals surface area contributed by atoms with Crippen molar-refractivity contribution in [2.24, 2.45) is 0 Å². The molecule has 4 aromatic rings. The van der Waals surface area contributed by atoms with E-state index in [4.69, 9.17) is 19.1 Å². The van der Waals surface area contributed by atoms with Gasteiger partial charge in [-0.15, -0.1) is 0 Å². The maximum absolute atomic E-state index is 14.8. The molecule has 1 aliphatic carbocycles. The second-order valence-corrected chi connectivity index (χ2v) is 9.08. The molecule has 2 atom stereocenters. The van der Waals surface area contributed by atoms with Crippen molar-refractivity contribution in [3.8, 4) is 11.3 Å². The van der Waals surface area contributed by atoms with Crippen molar-refractivity contribution >= 4 is 11.2 Å². The number of aromatic nitrogens is 5. The highest BCUT2D eigenvalue weighted by Crippen LogP contribution is 2.42. The number of benzene rings is 1. The second kappa shape index (κ2) is 8.16. The van der Waals surface area contributed by atoms with Crippen molar-refractivity contribution in [2.45, 2.75) is 57.5 Å². The molecule has 34 heavy (non-hydrogen) atoms. The molecule has 6 rings (SSSR count). The maximum atomic E-state index is 14.8. The van der Waals surface area contributed by atoms with E-state index in [-0.39, 0.29) is 17.6 Å². The molecule has 0 N–H and O–H groups in total. The predicted octanol–water partition coefficient (Wildman–Crippen LogP) is 5.48. The molecule has 0 radical (unpaired) electrons. The van der Waals surface area contributed by atoms with Crippen molar-refractivity contribution in [3.63, 3.8) is 0 Å². The average Bonchev–Trinajstić information content (AvgIpc) is 3.56. The van der Waals surface area contributed by atoms with Crippen LogP contribution in [0, 0.1) is 25.5 Å². The zero-order chi connectivity index (χ0) is 23.4. The monoisotopic (exact) mass is 463 g/mol. The van der Waals surface area contributed by atoms with E-state index in [0.29, 0.717) is 59.5 Å². The highest BCUT2D eigenvalue weighted by molar-refractivity contribution is 5.87. The molecule has 1 saturated heterocycles. The molecule has 174 valence electrons. The van der Waals surface area contributed by atoms with Gasteiger partial charge in [0.15, 0.2) is 17.3 Å². The Morgan fingerprint density at radius 1 is 0.941 bits per heavy atom. The smallest absolute Gasteiger partial charge is 0.197 e. The van der Waals surface area contributed by atoms with E-state index in [2.05, 4.69) is 15.0 Å². The molecule has 0 amide bonds. The molecule has 4 heterocycles. The van der Waals surface area contributed by atoms with Crippen LogP contribution in [0.25, 0.3) is 22.4 Å². The summed E-state index contributed by atoms with van der Waals surface area (Å²) in [6, 6.07) is 3.45. The topological polar surface area (TPSA) is 86.8 Å². The molecule has 1 saturated carbocycles. The summed E-state index contributed by atoms with van der Waals surface area (Å²) in [4.78, 5) is 23.1. The summed E-state index contributed by atoms with van der Waals surface area (Å²) in [5, 5.41) is 0. The predicted molar refractivity (Wildman–Crippen MR) is 119 cm³/mol. The van der Waals surface area contributed by atoms with Crippen LogP contribution in [0.4, 0.5) is 8.78 Å². The van der Waals surface area contributed by atoms with Crippen LogP contribution < -0.4 is 0 Å². The number of hydrogen-bond acceptors (Lipinski definition) is 7. The molecule has 2 aliphatic rings. The van der Waals surface area contributed by atoms with Gasteiger partial charge in [-0.1, -0.05) is 0 Å². The maximum Gasteiger partial charge on any atom is 0.197 e. The summed E-state index contributed by atoms with van der Waals surface area (Å²) in [6.45, 7) is 4.19. The summed E-state index contributed by atoms with van der Waals surface area (Å²) >= 11 is 0. The van der Waals surface area contributed by atoms with Gasteiger partial charge in [0.1, 0.15) is 34.8 Å². The quantitative estimate of drug-likeness (QED) is 0.396. The van der Waals surface area contributed by atoms with E-state index in [1.54, 1.807) is 6.20 Å². The molecule has 3 aromatic heterocycles. The third-order valence-electron chi connectivity index (χ3n) is 6.58. The van der Waals surface area contributed by atoms with Crippen LogP contribution in [0.15, 0.2) is 28.8 Å². The van der Waals surface area contributed by atoms with Crippen LogP contribution >= 0.6 is 0 Å². The summed E-state index contributed by atoms with van der Waals surface area (Å²) in [5.74, 6) is 1.05. The van der Waals surface area contributed by atoms with Crippen LogP contribution in [0.2, 0.25) is 0 Å². The molecule has 0 bridgehead atoms. The van der Waals surface area contributed by atoms with Gasteiger partial charge < -0.3 is 9.15 Å². The first-order chi connectivity index (χ1) is 16.5. The highest BCUT2D eigenvalue weighted by atomic mass is 19.1. The molecular formula is C25H23F2N5O2. The van der Waals surface area contributed by atoms with Gasteiger partial charge in [-0.2, -0.15) is 0 Å². The van der Waals surface area contributed by atoms with Gasteiger partial charge >= 0.3 is 0 Å². The van der Waals surface area contributed by atoms with Gasteiger partial charge in [0, 0.05) is 30.1 Å². The van der Waals surface area contributed by atoms with Crippen molar-refractivity contribution in [1.82, 2.24) is 24.9 Å². The molecule has 2 fully saturated rings. The number of aryl methyl sites for hydroxylation is 2. The largest absolute Gasteiger partial charge is 0.443 e. The Morgan fingerprint density at radius 2 is 1.76 bits per heavy atom. The third kappa shape index (κ3) is 3.83. The van der Waals surface area contributed by atoms with Gasteiger partial charge in [-0.05, 0) is 51.7 Å². The van der Waals surface area contributed by atoms with E-state index >= 15 is 0 Å². The van der Waals surface area contributed by atoms with E-state index in [0.717, 1.165) is 30.5 Å². The summed E-state index contributed by atoms with van der Waals surface area (Å²) in [6.07, 6.45) is 5.03. The number of halogens is 2. The average molecular weight is 463 g/mol. The molecule has 0 spiro atoms. The van der Waals surface area contributed by atoms with Crippen LogP contribution in [-0.4, -0.2) is 31.5 Å². The number of rotatable bonds is 4. The Kier molecular flexibility index (Phi) is 5.09. The van der Waals surface area contributed by atoms with Gasteiger partial charge in [0.25, 0.3) is 0 Å². The summed E-state index contributed by atoms with van der Waals surface area (Å²) in [5.41, 5.74) is 2.71. The summed E-state index contributed by atoms with van der Waals surface area (Å²) < 4.78 is 40.3. The van der Waals surface area contributed by atoms with Crippen molar-refractivity contribution in [2.75, 3.05) is 6.61 Å². The minimum absolute atomic E-state index is 0.0525. The van der Waals surface area contributed by atoms with Crippen molar-refractivity contribution < 1.29 is 17.9 Å². The molecule has 9 heteroatoms. The fourth-order valence-electron chi connectivity index (χ4n) is 4.38. The Bertz CT molecular complexity index is 1400. The highest BCUT2D eigenvalue weighted by Gasteiger charge is 2.33. The minimum atomic E-state index is -0.704. The fraction of sp³-hybridized carbons (Fsp3) is 0.400. The van der Waals surface area contributed by atoms with Gasteiger partial charge in [-0.3, -0.25) is 0 Å². The Morgan fingerprint density at radius 3 is 2.56 bits per heavy atom. The minimum Gasteiger partial charge on any atom is -0.443 e. The second-order valence-electron chi connectivity index (χ2n) is 9.08. The number of hydrogen-bond donors (Lipinski definition) is 0.